The van der Waals surface area contributed by atoms with Crippen LogP contribution in [-0.2, 0) is 11.4 Å². The highest BCUT2D eigenvalue weighted by atomic mass is 19.1. The van der Waals surface area contributed by atoms with Crippen LogP contribution in [0.5, 0.6) is 0 Å². The van der Waals surface area contributed by atoms with Crippen molar-refractivity contribution in [3.8, 4) is 0 Å². The molecule has 164 valence electrons. The fraction of sp³-hybridized carbons (Fsp3) is 0.200. The Kier molecular flexibility index (Phi) is 6.25. The van der Waals surface area contributed by atoms with Crippen molar-refractivity contribution in [1.29, 1.82) is 0 Å². The van der Waals surface area contributed by atoms with Crippen molar-refractivity contribution in [2.45, 2.75) is 26.0 Å². The minimum Gasteiger partial charge on any atom is -0.390 e. The zero-order valence-corrected chi connectivity index (χ0v) is 17.4. The van der Waals surface area contributed by atoms with Gasteiger partial charge in [0, 0.05) is 30.2 Å². The van der Waals surface area contributed by atoms with Gasteiger partial charge in [0.05, 0.1) is 17.8 Å². The maximum atomic E-state index is 14.3. The fourth-order valence-electron chi connectivity index (χ4n) is 3.71. The molecule has 4 rings (SSSR count). The number of oxime groups is 1. The number of benzene rings is 3. The molecule has 4 nitrogen and oxygen atoms in total. The molecule has 32 heavy (non-hydrogen) atoms. The van der Waals surface area contributed by atoms with Gasteiger partial charge in [-0.2, -0.15) is 0 Å². The van der Waals surface area contributed by atoms with Crippen molar-refractivity contribution in [3.05, 3.63) is 106 Å². The van der Waals surface area contributed by atoms with E-state index in [9.17, 15) is 18.0 Å². The van der Waals surface area contributed by atoms with E-state index in [2.05, 4.69) is 5.16 Å². The lowest BCUT2D eigenvalue weighted by molar-refractivity contribution is 0.0400. The van der Waals surface area contributed by atoms with Crippen LogP contribution in [0.3, 0.4) is 0 Å². The van der Waals surface area contributed by atoms with E-state index in [0.29, 0.717) is 6.42 Å². The molecule has 1 heterocycles. The zero-order valence-electron chi connectivity index (χ0n) is 17.4. The van der Waals surface area contributed by atoms with Gasteiger partial charge in [0.1, 0.15) is 17.5 Å². The Labute approximate surface area is 183 Å². The van der Waals surface area contributed by atoms with E-state index in [1.165, 1.54) is 29.2 Å². The number of hydrogen-bond acceptors (Lipinski definition) is 3. The van der Waals surface area contributed by atoms with Gasteiger partial charge < -0.3 is 9.74 Å². The largest absolute Gasteiger partial charge is 0.390 e. The number of nitrogens with zero attached hydrogens (tertiary/aromatic N) is 2. The Morgan fingerprint density at radius 2 is 1.78 bits per heavy atom. The first-order chi connectivity index (χ1) is 15.4. The van der Waals surface area contributed by atoms with Gasteiger partial charge in [-0.25, -0.2) is 13.2 Å². The molecule has 1 aliphatic rings. The van der Waals surface area contributed by atoms with Gasteiger partial charge >= 0.3 is 0 Å². The van der Waals surface area contributed by atoms with Gasteiger partial charge in [-0.15, -0.1) is 0 Å². The van der Waals surface area contributed by atoms with Gasteiger partial charge in [0.2, 0.25) is 0 Å². The highest BCUT2D eigenvalue weighted by Crippen LogP contribution is 2.23. The number of carbonyl (C=O) groups is 1. The molecule has 0 unspecified atom stereocenters. The van der Waals surface area contributed by atoms with Gasteiger partial charge in [0.25, 0.3) is 5.91 Å². The molecule has 0 aliphatic carbocycles. The summed E-state index contributed by atoms with van der Waals surface area (Å²) in [6.45, 7) is 1.86. The molecule has 0 aromatic heterocycles. The van der Waals surface area contributed by atoms with Crippen LogP contribution in [0.1, 0.15) is 33.5 Å². The van der Waals surface area contributed by atoms with E-state index < -0.39 is 29.5 Å². The summed E-state index contributed by atoms with van der Waals surface area (Å²) in [5.74, 6) is -2.78. The summed E-state index contributed by atoms with van der Waals surface area (Å²) >= 11 is 0. The molecular weight excluding hydrogens is 417 g/mol. The van der Waals surface area contributed by atoms with Crippen LogP contribution in [0.15, 0.2) is 71.9 Å². The molecule has 0 N–H and O–H groups in total. The fourth-order valence-corrected chi connectivity index (χ4v) is 3.71. The number of hydrogen-bond donors (Lipinski definition) is 0. The van der Waals surface area contributed by atoms with Crippen molar-refractivity contribution in [2.75, 3.05) is 6.54 Å². The van der Waals surface area contributed by atoms with Crippen LogP contribution < -0.4 is 0 Å². The molecule has 0 fully saturated rings. The van der Waals surface area contributed by atoms with Crippen molar-refractivity contribution >= 4 is 11.6 Å². The van der Waals surface area contributed by atoms with E-state index in [4.69, 9.17) is 4.84 Å². The summed E-state index contributed by atoms with van der Waals surface area (Å²) in [7, 11) is 0. The number of amides is 1. The third-order valence-electron chi connectivity index (χ3n) is 5.38. The molecule has 0 saturated heterocycles. The van der Waals surface area contributed by atoms with Gasteiger partial charge in [0.15, 0.2) is 6.10 Å². The monoisotopic (exact) mass is 438 g/mol. The molecule has 1 atom stereocenters. The lowest BCUT2D eigenvalue weighted by Gasteiger charge is -2.25. The minimum atomic E-state index is -0.777. The van der Waals surface area contributed by atoms with Crippen LogP contribution in [0, 0.1) is 24.4 Å². The molecular formula is C25H21F3N2O2. The summed E-state index contributed by atoms with van der Waals surface area (Å²) < 4.78 is 41.9. The average molecular weight is 438 g/mol. The molecule has 1 aliphatic heterocycles. The third kappa shape index (κ3) is 4.66. The summed E-state index contributed by atoms with van der Waals surface area (Å²) in [5.41, 5.74) is 2.73. The van der Waals surface area contributed by atoms with Crippen LogP contribution in [0.4, 0.5) is 13.2 Å². The van der Waals surface area contributed by atoms with Crippen molar-refractivity contribution in [2.24, 2.45) is 5.16 Å². The number of carbonyl (C=O) groups excluding carboxylic acids is 1. The Bertz CT molecular complexity index is 1180. The second-order valence-electron chi connectivity index (χ2n) is 7.69. The number of aryl methyl sites for hydroxylation is 1. The summed E-state index contributed by atoms with van der Waals surface area (Å²) in [5, 5.41) is 4.17. The van der Waals surface area contributed by atoms with Crippen LogP contribution in [0.25, 0.3) is 0 Å². The molecule has 0 bridgehead atoms. The first kappa shape index (κ1) is 21.6. The molecule has 0 spiro atoms. The lowest BCUT2D eigenvalue weighted by atomic mass is 10.00. The standard InChI is InChI=1S/C25H21F3N2O2/c1-16-6-2-3-7-20(16)24-13-19(32-29-24)15-30(14-17-10-11-18(26)12-23(17)28)25(31)21-8-4-5-9-22(21)27/h2-12,19H,13-15H2,1H3/t19-/m1/s1. The predicted molar refractivity (Wildman–Crippen MR) is 115 cm³/mol. The SMILES string of the molecule is Cc1ccccc1C1=NO[C@@H](CN(Cc2ccc(F)cc2F)C(=O)c2ccccc2F)C1. The quantitative estimate of drug-likeness (QED) is 0.528. The van der Waals surface area contributed by atoms with E-state index in [1.807, 2.05) is 31.2 Å². The van der Waals surface area contributed by atoms with E-state index >= 15 is 0 Å². The van der Waals surface area contributed by atoms with Gasteiger partial charge in [-0.1, -0.05) is 47.6 Å². The average Bonchev–Trinajstić information content (AvgIpc) is 3.23. The normalized spacial score (nSPS) is 15.2. The van der Waals surface area contributed by atoms with Crippen LogP contribution >= 0.6 is 0 Å². The Morgan fingerprint density at radius 1 is 1.03 bits per heavy atom. The van der Waals surface area contributed by atoms with E-state index in [-0.39, 0.29) is 24.2 Å². The number of halogens is 3. The molecule has 7 heteroatoms. The molecule has 0 radical (unpaired) electrons. The zero-order chi connectivity index (χ0) is 22.7. The van der Waals surface area contributed by atoms with Crippen LogP contribution in [0.2, 0.25) is 0 Å². The highest BCUT2D eigenvalue weighted by molar-refractivity contribution is 6.02. The maximum absolute atomic E-state index is 14.3. The first-order valence-electron chi connectivity index (χ1n) is 10.2. The number of rotatable bonds is 6. The maximum Gasteiger partial charge on any atom is 0.257 e. The Hall–Kier alpha value is -3.61. The summed E-state index contributed by atoms with van der Waals surface area (Å²) in [6.07, 6.45) is -0.0403. The highest BCUT2D eigenvalue weighted by Gasteiger charge is 2.29. The van der Waals surface area contributed by atoms with E-state index in [0.717, 1.165) is 29.0 Å². The van der Waals surface area contributed by atoms with Crippen molar-refractivity contribution in [3.63, 3.8) is 0 Å². The van der Waals surface area contributed by atoms with Crippen molar-refractivity contribution in [1.82, 2.24) is 4.90 Å². The molecule has 0 saturated carbocycles. The van der Waals surface area contributed by atoms with Gasteiger partial charge in [-0.05, 0) is 30.7 Å². The second-order valence-corrected chi connectivity index (χ2v) is 7.69. The van der Waals surface area contributed by atoms with Gasteiger partial charge in [-0.3, -0.25) is 4.79 Å². The second kappa shape index (κ2) is 9.26. The van der Waals surface area contributed by atoms with Crippen molar-refractivity contribution < 1.29 is 22.8 Å². The Morgan fingerprint density at radius 3 is 2.53 bits per heavy atom. The topological polar surface area (TPSA) is 41.9 Å². The molecule has 1 amide bonds. The van der Waals surface area contributed by atoms with Crippen LogP contribution in [-0.4, -0.2) is 29.2 Å². The lowest BCUT2D eigenvalue weighted by Crippen LogP contribution is -2.38. The predicted octanol–water partition coefficient (Wildman–Crippen LogP) is 5.25. The summed E-state index contributed by atoms with van der Waals surface area (Å²) in [4.78, 5) is 20.0. The molecule has 3 aromatic carbocycles. The first-order valence-corrected chi connectivity index (χ1v) is 10.2. The van der Waals surface area contributed by atoms with E-state index in [1.54, 1.807) is 6.07 Å². The smallest absolute Gasteiger partial charge is 0.257 e. The third-order valence-corrected chi connectivity index (χ3v) is 5.38. The molecule has 3 aromatic rings. The minimum absolute atomic E-state index is 0.0584. The Balaban J connectivity index is 1.56. The summed E-state index contributed by atoms with van der Waals surface area (Å²) in [6, 6.07) is 16.5.